The van der Waals surface area contributed by atoms with Crippen molar-refractivity contribution >= 4 is 11.6 Å². The molecule has 6 heteroatoms. The number of nitrogens with zero attached hydrogens (tertiary/aromatic N) is 3. The van der Waals surface area contributed by atoms with Crippen LogP contribution in [-0.2, 0) is 0 Å². The highest BCUT2D eigenvalue weighted by atomic mass is 16.5. The van der Waals surface area contributed by atoms with Gasteiger partial charge >= 0.3 is 0 Å². The first-order valence-corrected chi connectivity index (χ1v) is 9.65. The van der Waals surface area contributed by atoms with Crippen LogP contribution in [0.4, 0.5) is 5.69 Å². The molecule has 0 unspecified atom stereocenters. The summed E-state index contributed by atoms with van der Waals surface area (Å²) in [7, 11) is 0. The lowest BCUT2D eigenvalue weighted by molar-refractivity contribution is 0.102. The number of carbonyl (C=O) groups is 1. The van der Waals surface area contributed by atoms with Gasteiger partial charge in [0.25, 0.3) is 5.91 Å². The van der Waals surface area contributed by atoms with Gasteiger partial charge in [-0.2, -0.15) is 5.10 Å². The van der Waals surface area contributed by atoms with Gasteiger partial charge in [0.05, 0.1) is 23.1 Å². The van der Waals surface area contributed by atoms with Crippen LogP contribution in [-0.4, -0.2) is 20.7 Å². The molecule has 0 spiro atoms. The van der Waals surface area contributed by atoms with Crippen LogP contribution >= 0.6 is 0 Å². The quantitative estimate of drug-likeness (QED) is 0.499. The standard InChI is InChI=1S/C24H22N4O2/c1-16-9-7-13-22(17(16)2)30-24-21(12-8-14-25-24)27-23(29)20-15-26-28(18(20)3)19-10-5-4-6-11-19/h4-15H,1-3H3,(H,27,29). The summed E-state index contributed by atoms with van der Waals surface area (Å²) in [5, 5.41) is 7.28. The van der Waals surface area contributed by atoms with Gasteiger partial charge in [-0.3, -0.25) is 4.79 Å². The van der Waals surface area contributed by atoms with E-state index < -0.39 is 0 Å². The lowest BCUT2D eigenvalue weighted by Gasteiger charge is -2.13. The van der Waals surface area contributed by atoms with Crippen LogP contribution < -0.4 is 10.1 Å². The first-order chi connectivity index (χ1) is 14.5. The summed E-state index contributed by atoms with van der Waals surface area (Å²) in [6.45, 7) is 5.88. The van der Waals surface area contributed by atoms with Gasteiger partial charge in [0, 0.05) is 6.20 Å². The molecule has 2 heterocycles. The van der Waals surface area contributed by atoms with Gasteiger partial charge in [0.15, 0.2) is 0 Å². The summed E-state index contributed by atoms with van der Waals surface area (Å²) in [5.74, 6) is 0.776. The highest BCUT2D eigenvalue weighted by Gasteiger charge is 2.18. The molecule has 0 aliphatic rings. The number of hydrogen-bond donors (Lipinski definition) is 1. The molecule has 0 saturated carbocycles. The van der Waals surface area contributed by atoms with E-state index >= 15 is 0 Å². The number of anilines is 1. The lowest BCUT2D eigenvalue weighted by Crippen LogP contribution is -2.14. The second kappa shape index (κ2) is 8.21. The SMILES string of the molecule is Cc1cccc(Oc2ncccc2NC(=O)c2cnn(-c3ccccc3)c2C)c1C. The van der Waals surface area contributed by atoms with E-state index in [2.05, 4.69) is 15.4 Å². The van der Waals surface area contributed by atoms with Crippen molar-refractivity contribution in [1.82, 2.24) is 14.8 Å². The van der Waals surface area contributed by atoms with Crippen LogP contribution in [0.25, 0.3) is 5.69 Å². The minimum atomic E-state index is -0.270. The number of nitrogens with one attached hydrogen (secondary N) is 1. The molecule has 2 aromatic heterocycles. The van der Waals surface area contributed by atoms with Crippen LogP contribution in [0.5, 0.6) is 11.6 Å². The number of aryl methyl sites for hydroxylation is 1. The number of pyridine rings is 1. The highest BCUT2D eigenvalue weighted by Crippen LogP contribution is 2.30. The molecule has 4 rings (SSSR count). The molecule has 2 aromatic carbocycles. The van der Waals surface area contributed by atoms with E-state index in [-0.39, 0.29) is 5.91 Å². The normalized spacial score (nSPS) is 10.6. The molecule has 0 radical (unpaired) electrons. The van der Waals surface area contributed by atoms with Gasteiger partial charge in [-0.25, -0.2) is 9.67 Å². The van der Waals surface area contributed by atoms with Crippen LogP contribution in [0.1, 0.15) is 27.2 Å². The van der Waals surface area contributed by atoms with Crippen molar-refractivity contribution in [1.29, 1.82) is 0 Å². The van der Waals surface area contributed by atoms with Crippen LogP contribution in [0.3, 0.4) is 0 Å². The van der Waals surface area contributed by atoms with Crippen molar-refractivity contribution in [3.63, 3.8) is 0 Å². The van der Waals surface area contributed by atoms with Crippen molar-refractivity contribution in [2.45, 2.75) is 20.8 Å². The average Bonchev–Trinajstić information content (AvgIpc) is 3.15. The molecule has 0 aliphatic carbocycles. The third kappa shape index (κ3) is 3.80. The number of para-hydroxylation sites is 1. The van der Waals surface area contributed by atoms with Crippen molar-refractivity contribution in [2.75, 3.05) is 5.32 Å². The average molecular weight is 398 g/mol. The minimum Gasteiger partial charge on any atom is -0.437 e. The van der Waals surface area contributed by atoms with Crippen LogP contribution in [0.15, 0.2) is 73.1 Å². The van der Waals surface area contributed by atoms with E-state index in [0.29, 0.717) is 22.9 Å². The Hall–Kier alpha value is -3.93. The Balaban J connectivity index is 1.59. The number of hydrogen-bond acceptors (Lipinski definition) is 4. The largest absolute Gasteiger partial charge is 0.437 e. The summed E-state index contributed by atoms with van der Waals surface area (Å²) in [4.78, 5) is 17.3. The molecule has 0 aliphatic heterocycles. The summed E-state index contributed by atoms with van der Waals surface area (Å²) in [5.41, 5.74) is 4.78. The molecular formula is C24H22N4O2. The first-order valence-electron chi connectivity index (χ1n) is 9.65. The molecule has 4 aromatic rings. The molecular weight excluding hydrogens is 376 g/mol. The Morgan fingerprint density at radius 2 is 1.77 bits per heavy atom. The molecule has 1 amide bonds. The molecule has 0 saturated heterocycles. The maximum atomic E-state index is 13.0. The summed E-state index contributed by atoms with van der Waals surface area (Å²) in [6, 6.07) is 19.1. The van der Waals surface area contributed by atoms with Crippen molar-refractivity contribution < 1.29 is 9.53 Å². The highest BCUT2D eigenvalue weighted by molar-refractivity contribution is 6.05. The molecule has 30 heavy (non-hydrogen) atoms. The Morgan fingerprint density at radius 1 is 0.967 bits per heavy atom. The zero-order valence-electron chi connectivity index (χ0n) is 17.1. The van der Waals surface area contributed by atoms with E-state index in [1.165, 1.54) is 0 Å². The number of amides is 1. The van der Waals surface area contributed by atoms with E-state index in [1.807, 2.05) is 69.3 Å². The van der Waals surface area contributed by atoms with E-state index in [1.54, 1.807) is 29.2 Å². The molecule has 0 fully saturated rings. The van der Waals surface area contributed by atoms with Crippen LogP contribution in [0.2, 0.25) is 0 Å². The maximum Gasteiger partial charge on any atom is 0.259 e. The second-order valence-electron chi connectivity index (χ2n) is 7.00. The third-order valence-corrected chi connectivity index (χ3v) is 5.04. The van der Waals surface area contributed by atoms with Gasteiger partial charge in [0.1, 0.15) is 11.4 Å². The zero-order chi connectivity index (χ0) is 21.1. The molecule has 1 N–H and O–H groups in total. The van der Waals surface area contributed by atoms with E-state index in [4.69, 9.17) is 4.74 Å². The Bertz CT molecular complexity index is 1200. The lowest BCUT2D eigenvalue weighted by atomic mass is 10.1. The number of aromatic nitrogens is 3. The van der Waals surface area contributed by atoms with Gasteiger partial charge in [0.2, 0.25) is 5.88 Å². The second-order valence-corrected chi connectivity index (χ2v) is 7.00. The Kier molecular flexibility index (Phi) is 5.30. The fraction of sp³-hybridized carbons (Fsp3) is 0.125. The minimum absolute atomic E-state index is 0.270. The number of benzene rings is 2. The number of rotatable bonds is 5. The Labute approximate surface area is 175 Å². The predicted molar refractivity (Wildman–Crippen MR) is 116 cm³/mol. The first kappa shape index (κ1) is 19.4. The molecule has 6 nitrogen and oxygen atoms in total. The zero-order valence-corrected chi connectivity index (χ0v) is 17.1. The van der Waals surface area contributed by atoms with Gasteiger partial charge in [-0.1, -0.05) is 30.3 Å². The topological polar surface area (TPSA) is 69.0 Å². The Morgan fingerprint density at radius 3 is 2.57 bits per heavy atom. The summed E-state index contributed by atoms with van der Waals surface area (Å²) >= 11 is 0. The fourth-order valence-corrected chi connectivity index (χ4v) is 3.16. The number of ether oxygens (including phenoxy) is 1. The van der Waals surface area contributed by atoms with E-state index in [9.17, 15) is 4.79 Å². The fourth-order valence-electron chi connectivity index (χ4n) is 3.16. The predicted octanol–water partition coefficient (Wildman–Crippen LogP) is 5.24. The summed E-state index contributed by atoms with van der Waals surface area (Å²) < 4.78 is 7.76. The smallest absolute Gasteiger partial charge is 0.259 e. The van der Waals surface area contributed by atoms with Crippen molar-refractivity contribution in [3.05, 3.63) is 95.4 Å². The van der Waals surface area contributed by atoms with Gasteiger partial charge in [-0.05, 0) is 62.2 Å². The van der Waals surface area contributed by atoms with Gasteiger partial charge in [-0.15, -0.1) is 0 Å². The molecule has 0 atom stereocenters. The van der Waals surface area contributed by atoms with E-state index in [0.717, 1.165) is 22.5 Å². The third-order valence-electron chi connectivity index (χ3n) is 5.04. The summed E-state index contributed by atoms with van der Waals surface area (Å²) in [6.07, 6.45) is 3.20. The molecule has 150 valence electrons. The molecule has 0 bridgehead atoms. The van der Waals surface area contributed by atoms with Crippen molar-refractivity contribution in [2.24, 2.45) is 0 Å². The monoisotopic (exact) mass is 398 g/mol. The van der Waals surface area contributed by atoms with Gasteiger partial charge < -0.3 is 10.1 Å². The number of carbonyl (C=O) groups excluding carboxylic acids is 1. The van der Waals surface area contributed by atoms with Crippen LogP contribution in [0, 0.1) is 20.8 Å². The van der Waals surface area contributed by atoms with Crippen molar-refractivity contribution in [3.8, 4) is 17.3 Å². The maximum absolute atomic E-state index is 13.0.